The van der Waals surface area contributed by atoms with E-state index < -0.39 is 10.8 Å². The summed E-state index contributed by atoms with van der Waals surface area (Å²) in [6, 6.07) is 5.90. The molecule has 1 aromatic carbocycles. The van der Waals surface area contributed by atoms with E-state index >= 15 is 0 Å². The van der Waals surface area contributed by atoms with Crippen molar-refractivity contribution in [3.63, 3.8) is 0 Å². The molecule has 0 amide bonds. The van der Waals surface area contributed by atoms with Gasteiger partial charge in [0.05, 0.1) is 4.90 Å². The minimum atomic E-state index is -2.87. The molecule has 0 bridgehead atoms. The van der Waals surface area contributed by atoms with Gasteiger partial charge >= 0.3 is 0 Å². The lowest BCUT2D eigenvalue weighted by Gasteiger charge is -2.46. The van der Waals surface area contributed by atoms with E-state index in [2.05, 4.69) is 36.9 Å². The number of rotatable bonds is 3. The van der Waals surface area contributed by atoms with Gasteiger partial charge in [0.2, 0.25) is 0 Å². The van der Waals surface area contributed by atoms with E-state index in [0.717, 1.165) is 26.1 Å². The predicted molar refractivity (Wildman–Crippen MR) is 97.1 cm³/mol. The van der Waals surface area contributed by atoms with E-state index in [1.807, 2.05) is 22.5 Å². The SMILES string of the molecule is CC(C)=CN1CCc2cc(S(O)(O)N3CCN(C)CC3)ccc21. The van der Waals surface area contributed by atoms with Crippen LogP contribution in [0.2, 0.25) is 0 Å². The van der Waals surface area contributed by atoms with Crippen molar-refractivity contribution in [3.8, 4) is 0 Å². The fourth-order valence-corrected chi connectivity index (χ4v) is 4.73. The van der Waals surface area contributed by atoms with Gasteiger partial charge in [0.25, 0.3) is 0 Å². The first-order valence-corrected chi connectivity index (χ1v) is 9.65. The maximum atomic E-state index is 10.8. The largest absolute Gasteiger partial charge is 0.347 e. The molecular weight excluding hydrogens is 310 g/mol. The topological polar surface area (TPSA) is 50.2 Å². The van der Waals surface area contributed by atoms with Gasteiger partial charge in [-0.05, 0) is 51.1 Å². The zero-order valence-corrected chi connectivity index (χ0v) is 15.0. The molecule has 0 radical (unpaired) electrons. The highest BCUT2D eigenvalue weighted by Gasteiger charge is 2.29. The highest BCUT2D eigenvalue weighted by atomic mass is 32.3. The monoisotopic (exact) mass is 337 g/mol. The van der Waals surface area contributed by atoms with Gasteiger partial charge < -0.3 is 9.80 Å². The molecule has 0 atom stereocenters. The van der Waals surface area contributed by atoms with Gasteiger partial charge in [-0.3, -0.25) is 9.11 Å². The number of hydrogen-bond donors (Lipinski definition) is 2. The van der Waals surface area contributed by atoms with Gasteiger partial charge in [0.1, 0.15) is 0 Å². The predicted octanol–water partition coefficient (Wildman–Crippen LogP) is 3.24. The van der Waals surface area contributed by atoms with Gasteiger partial charge in [-0.15, -0.1) is 10.8 Å². The molecule has 2 aliphatic heterocycles. The molecule has 23 heavy (non-hydrogen) atoms. The smallest absolute Gasteiger partial charge is 0.0756 e. The summed E-state index contributed by atoms with van der Waals surface area (Å²) in [5.74, 6) is 0. The number of nitrogens with zero attached hydrogens (tertiary/aromatic N) is 3. The van der Waals surface area contributed by atoms with Crippen molar-refractivity contribution in [2.75, 3.05) is 44.7 Å². The molecule has 0 unspecified atom stereocenters. The number of likely N-dealkylation sites (N-methyl/N-ethyl adjacent to an activating group) is 1. The molecule has 1 saturated heterocycles. The molecule has 3 rings (SSSR count). The Morgan fingerprint density at radius 1 is 1.09 bits per heavy atom. The van der Waals surface area contributed by atoms with Gasteiger partial charge in [-0.2, -0.15) is 4.31 Å². The lowest BCUT2D eigenvalue weighted by molar-refractivity contribution is 0.208. The van der Waals surface area contributed by atoms with Crippen LogP contribution in [0.5, 0.6) is 0 Å². The van der Waals surface area contributed by atoms with Crippen molar-refractivity contribution in [3.05, 3.63) is 35.5 Å². The summed E-state index contributed by atoms with van der Waals surface area (Å²) >= 11 is 0. The van der Waals surface area contributed by atoms with Crippen molar-refractivity contribution >= 4 is 16.5 Å². The molecule has 6 heteroatoms. The number of anilines is 1. The van der Waals surface area contributed by atoms with Crippen molar-refractivity contribution in [2.45, 2.75) is 25.2 Å². The molecular formula is C17H27N3O2S. The van der Waals surface area contributed by atoms with Crippen molar-refractivity contribution in [1.29, 1.82) is 0 Å². The van der Waals surface area contributed by atoms with Crippen LogP contribution in [-0.2, 0) is 6.42 Å². The molecule has 0 aromatic heterocycles. The Morgan fingerprint density at radius 2 is 1.78 bits per heavy atom. The average Bonchev–Trinajstić information content (AvgIpc) is 2.89. The van der Waals surface area contributed by atoms with Gasteiger partial charge in [0, 0.05) is 44.6 Å². The van der Waals surface area contributed by atoms with Crippen LogP contribution in [0.25, 0.3) is 0 Å². The second kappa shape index (κ2) is 6.45. The van der Waals surface area contributed by atoms with E-state index in [1.165, 1.54) is 16.8 Å². The average molecular weight is 337 g/mol. The Balaban J connectivity index is 1.83. The van der Waals surface area contributed by atoms with Crippen LogP contribution in [0.3, 0.4) is 0 Å². The minimum Gasteiger partial charge on any atom is -0.347 e. The van der Waals surface area contributed by atoms with E-state index in [0.29, 0.717) is 18.0 Å². The van der Waals surface area contributed by atoms with Crippen LogP contribution in [0.4, 0.5) is 5.69 Å². The van der Waals surface area contributed by atoms with E-state index in [-0.39, 0.29) is 0 Å². The zero-order valence-electron chi connectivity index (χ0n) is 14.2. The molecule has 0 saturated carbocycles. The quantitative estimate of drug-likeness (QED) is 0.887. The third-order valence-electron chi connectivity index (χ3n) is 4.53. The molecule has 2 heterocycles. The number of benzene rings is 1. The Hall–Kier alpha value is -1.05. The summed E-state index contributed by atoms with van der Waals surface area (Å²) in [5, 5.41) is 0. The van der Waals surface area contributed by atoms with Gasteiger partial charge in [0.15, 0.2) is 0 Å². The molecule has 128 valence electrons. The summed E-state index contributed by atoms with van der Waals surface area (Å²) in [7, 11) is -0.809. The minimum absolute atomic E-state index is 0.653. The summed E-state index contributed by atoms with van der Waals surface area (Å²) in [6.45, 7) is 8.27. The Kier molecular flexibility index (Phi) is 4.71. The third kappa shape index (κ3) is 3.41. The van der Waals surface area contributed by atoms with Crippen LogP contribution >= 0.6 is 10.8 Å². The Bertz CT molecular complexity index is 606. The first kappa shape index (κ1) is 16.8. The molecule has 2 N–H and O–H groups in total. The first-order chi connectivity index (χ1) is 10.9. The van der Waals surface area contributed by atoms with Crippen molar-refractivity contribution in [1.82, 2.24) is 9.21 Å². The highest BCUT2D eigenvalue weighted by Crippen LogP contribution is 2.52. The third-order valence-corrected chi connectivity index (χ3v) is 6.51. The van der Waals surface area contributed by atoms with Gasteiger partial charge in [-0.1, -0.05) is 5.57 Å². The van der Waals surface area contributed by atoms with Crippen LogP contribution in [-0.4, -0.2) is 58.1 Å². The fraction of sp³-hybridized carbons (Fsp3) is 0.529. The number of fused-ring (bicyclic) bond motifs is 1. The second-order valence-electron chi connectivity index (χ2n) is 6.69. The van der Waals surface area contributed by atoms with Crippen molar-refractivity contribution in [2.24, 2.45) is 0 Å². The summed E-state index contributed by atoms with van der Waals surface area (Å²) < 4.78 is 23.4. The standard InChI is InChI=1S/C17H27N3O2S/c1-14(2)13-19-7-6-15-12-16(4-5-17(15)19)23(21,22)20-10-8-18(3)9-11-20/h4-5,12-13,21-22H,6-11H2,1-3H3. The normalized spacial score (nSPS) is 20.5. The molecule has 1 fully saturated rings. The lowest BCUT2D eigenvalue weighted by Crippen LogP contribution is -2.45. The van der Waals surface area contributed by atoms with Gasteiger partial charge in [-0.25, -0.2) is 0 Å². The summed E-state index contributed by atoms with van der Waals surface area (Å²) in [6.07, 6.45) is 3.11. The maximum Gasteiger partial charge on any atom is 0.0756 e. The zero-order chi connectivity index (χ0) is 16.6. The van der Waals surface area contributed by atoms with E-state index in [9.17, 15) is 9.11 Å². The van der Waals surface area contributed by atoms with E-state index in [1.54, 1.807) is 0 Å². The maximum absolute atomic E-state index is 10.8. The highest BCUT2D eigenvalue weighted by molar-refractivity contribution is 8.22. The van der Waals surface area contributed by atoms with Crippen LogP contribution in [0.1, 0.15) is 19.4 Å². The Morgan fingerprint density at radius 3 is 2.43 bits per heavy atom. The number of piperazine rings is 1. The molecule has 2 aliphatic rings. The second-order valence-corrected chi connectivity index (χ2v) is 8.72. The molecule has 0 aliphatic carbocycles. The lowest BCUT2D eigenvalue weighted by atomic mass is 10.2. The summed E-state index contributed by atoms with van der Waals surface area (Å²) in [4.78, 5) is 5.11. The Labute approximate surface area is 140 Å². The molecule has 5 nitrogen and oxygen atoms in total. The van der Waals surface area contributed by atoms with Crippen LogP contribution in [0.15, 0.2) is 34.9 Å². The summed E-state index contributed by atoms with van der Waals surface area (Å²) in [5.41, 5.74) is 3.65. The number of hydrogen-bond acceptors (Lipinski definition) is 5. The van der Waals surface area contributed by atoms with E-state index in [4.69, 9.17) is 0 Å². The fourth-order valence-electron chi connectivity index (χ4n) is 3.21. The van der Waals surface area contributed by atoms with Crippen LogP contribution in [0, 0.1) is 0 Å². The van der Waals surface area contributed by atoms with Crippen molar-refractivity contribution < 1.29 is 9.11 Å². The molecule has 1 aromatic rings. The van der Waals surface area contributed by atoms with Crippen LogP contribution < -0.4 is 4.90 Å². The number of allylic oxidation sites excluding steroid dienone is 1. The molecule has 0 spiro atoms. The first-order valence-electron chi connectivity index (χ1n) is 8.14.